The van der Waals surface area contributed by atoms with E-state index >= 15 is 0 Å². The molecule has 2 nitrogen and oxygen atoms in total. The Morgan fingerprint density at radius 3 is 1.71 bits per heavy atom. The van der Waals surface area contributed by atoms with Gasteiger partial charge in [0, 0.05) is 33.6 Å². The Bertz CT molecular complexity index is 2420. The van der Waals surface area contributed by atoms with Gasteiger partial charge in [0.2, 0.25) is 0 Å². The highest BCUT2D eigenvalue weighted by atomic mass is 15.2. The van der Waals surface area contributed by atoms with Crippen molar-refractivity contribution in [2.75, 3.05) is 9.80 Å². The van der Waals surface area contributed by atoms with Crippen LogP contribution in [0.3, 0.4) is 0 Å². The zero-order valence-electron chi connectivity index (χ0n) is 30.0. The van der Waals surface area contributed by atoms with Crippen molar-refractivity contribution in [3.8, 4) is 22.3 Å². The molecule has 1 heterocycles. The summed E-state index contributed by atoms with van der Waals surface area (Å²) >= 11 is 0. The molecule has 1 aliphatic heterocycles. The standard InChI is InChI=1S/C49H42N2/c1-33-19-23-36(24-20-33)50(37-25-21-35(22-26-37)34-13-7-6-8-14-34)38-28-30-47-45(32-38)49(4,5)43-17-11-12-18-46(43)51(47)39-27-29-41-40-15-9-10-16-42(40)48(2,3)44(41)31-39/h6-32H,1-5H3. The maximum absolute atomic E-state index is 2.49. The highest BCUT2D eigenvalue weighted by Crippen LogP contribution is 2.55. The predicted octanol–water partition coefficient (Wildman–Crippen LogP) is 13.5. The average Bonchev–Trinajstić information content (AvgIpc) is 3.39. The molecule has 7 aromatic carbocycles. The molecular weight excluding hydrogens is 617 g/mol. The third-order valence-corrected chi connectivity index (χ3v) is 11.3. The Labute approximate surface area is 302 Å². The molecule has 51 heavy (non-hydrogen) atoms. The van der Waals surface area contributed by atoms with Gasteiger partial charge in [0.05, 0.1) is 11.4 Å². The van der Waals surface area contributed by atoms with Crippen molar-refractivity contribution in [1.29, 1.82) is 0 Å². The van der Waals surface area contributed by atoms with Gasteiger partial charge in [-0.15, -0.1) is 0 Å². The summed E-state index contributed by atoms with van der Waals surface area (Å²) in [7, 11) is 0. The quantitative estimate of drug-likeness (QED) is 0.182. The summed E-state index contributed by atoms with van der Waals surface area (Å²) in [6, 6.07) is 60.5. The van der Waals surface area contributed by atoms with E-state index in [0.717, 1.165) is 17.1 Å². The second kappa shape index (κ2) is 11.6. The molecule has 1 aliphatic carbocycles. The normalized spacial score (nSPS) is 14.6. The first-order valence-electron chi connectivity index (χ1n) is 18.0. The van der Waals surface area contributed by atoms with Crippen LogP contribution in [-0.4, -0.2) is 0 Å². The molecule has 0 unspecified atom stereocenters. The third-order valence-electron chi connectivity index (χ3n) is 11.3. The number of fused-ring (bicyclic) bond motifs is 5. The molecular formula is C49H42N2. The van der Waals surface area contributed by atoms with Crippen molar-refractivity contribution < 1.29 is 0 Å². The van der Waals surface area contributed by atoms with E-state index < -0.39 is 0 Å². The second-order valence-electron chi connectivity index (χ2n) is 15.2. The predicted molar refractivity (Wildman–Crippen MR) is 216 cm³/mol. The highest BCUT2D eigenvalue weighted by Gasteiger charge is 2.39. The van der Waals surface area contributed by atoms with Crippen molar-refractivity contribution in [2.45, 2.75) is 45.4 Å². The summed E-state index contributed by atoms with van der Waals surface area (Å²) in [6.45, 7) is 11.6. The Morgan fingerprint density at radius 2 is 0.961 bits per heavy atom. The van der Waals surface area contributed by atoms with E-state index in [1.807, 2.05) is 0 Å². The molecule has 0 saturated heterocycles. The lowest BCUT2D eigenvalue weighted by molar-refractivity contribution is 0.631. The molecule has 0 spiro atoms. The SMILES string of the molecule is Cc1ccc(N(c2ccc(-c3ccccc3)cc2)c2ccc3c(c2)C(C)(C)c2ccccc2N3c2ccc3c(c2)C(C)(C)c2ccccc2-3)cc1. The van der Waals surface area contributed by atoms with Gasteiger partial charge in [-0.05, 0) is 112 Å². The van der Waals surface area contributed by atoms with E-state index in [0.29, 0.717) is 0 Å². The zero-order chi connectivity index (χ0) is 34.9. The van der Waals surface area contributed by atoms with Gasteiger partial charge < -0.3 is 9.80 Å². The molecule has 0 radical (unpaired) electrons. The van der Waals surface area contributed by atoms with Gasteiger partial charge in [0.1, 0.15) is 0 Å². The first-order chi connectivity index (χ1) is 24.7. The Balaban J connectivity index is 1.20. The third kappa shape index (κ3) is 4.93. The van der Waals surface area contributed by atoms with Gasteiger partial charge >= 0.3 is 0 Å². The summed E-state index contributed by atoms with van der Waals surface area (Å²) in [5, 5.41) is 0. The minimum absolute atomic E-state index is 0.0756. The lowest BCUT2D eigenvalue weighted by Crippen LogP contribution is -2.31. The van der Waals surface area contributed by atoms with Gasteiger partial charge in [-0.3, -0.25) is 0 Å². The van der Waals surface area contributed by atoms with Crippen LogP contribution < -0.4 is 9.80 Å². The topological polar surface area (TPSA) is 6.48 Å². The summed E-state index contributed by atoms with van der Waals surface area (Å²) in [6.07, 6.45) is 0. The van der Waals surface area contributed by atoms with Crippen molar-refractivity contribution in [2.24, 2.45) is 0 Å². The van der Waals surface area contributed by atoms with Crippen LogP contribution in [0, 0.1) is 6.92 Å². The summed E-state index contributed by atoms with van der Waals surface area (Å²) in [5.74, 6) is 0. The monoisotopic (exact) mass is 658 g/mol. The van der Waals surface area contributed by atoms with Crippen LogP contribution in [0.1, 0.15) is 55.5 Å². The minimum Gasteiger partial charge on any atom is -0.310 e. The number of para-hydroxylation sites is 1. The van der Waals surface area contributed by atoms with Crippen molar-refractivity contribution >= 4 is 34.1 Å². The van der Waals surface area contributed by atoms with Crippen LogP contribution in [0.2, 0.25) is 0 Å². The Morgan fingerprint density at radius 1 is 0.412 bits per heavy atom. The molecule has 0 atom stereocenters. The van der Waals surface area contributed by atoms with E-state index in [2.05, 4.69) is 208 Å². The molecule has 0 saturated carbocycles. The molecule has 0 amide bonds. The van der Waals surface area contributed by atoms with Crippen LogP contribution >= 0.6 is 0 Å². The van der Waals surface area contributed by atoms with Crippen LogP contribution in [-0.2, 0) is 10.8 Å². The molecule has 0 aromatic heterocycles. The summed E-state index contributed by atoms with van der Waals surface area (Å²) < 4.78 is 0. The maximum atomic E-state index is 2.49. The number of benzene rings is 7. The molecule has 9 rings (SSSR count). The number of nitrogens with zero attached hydrogens (tertiary/aromatic N) is 2. The molecule has 0 fully saturated rings. The zero-order valence-corrected chi connectivity index (χ0v) is 30.0. The molecule has 0 bridgehead atoms. The van der Waals surface area contributed by atoms with E-state index in [-0.39, 0.29) is 10.8 Å². The fourth-order valence-electron chi connectivity index (χ4n) is 8.51. The van der Waals surface area contributed by atoms with Crippen LogP contribution in [0.15, 0.2) is 164 Å². The van der Waals surface area contributed by atoms with Crippen LogP contribution in [0.25, 0.3) is 22.3 Å². The Kier molecular flexibility index (Phi) is 7.09. The molecule has 2 heteroatoms. The lowest BCUT2D eigenvalue weighted by Gasteiger charge is -2.43. The van der Waals surface area contributed by atoms with Crippen LogP contribution in [0.4, 0.5) is 34.1 Å². The number of hydrogen-bond acceptors (Lipinski definition) is 2. The van der Waals surface area contributed by atoms with Gasteiger partial charge in [-0.2, -0.15) is 0 Å². The molecule has 248 valence electrons. The lowest BCUT2D eigenvalue weighted by atomic mass is 9.73. The van der Waals surface area contributed by atoms with Crippen LogP contribution in [0.5, 0.6) is 0 Å². The summed E-state index contributed by atoms with van der Waals surface area (Å²) in [4.78, 5) is 4.88. The van der Waals surface area contributed by atoms with Crippen molar-refractivity contribution in [1.82, 2.24) is 0 Å². The van der Waals surface area contributed by atoms with E-state index in [4.69, 9.17) is 0 Å². The van der Waals surface area contributed by atoms with Gasteiger partial charge in [-0.1, -0.05) is 136 Å². The van der Waals surface area contributed by atoms with Gasteiger partial charge in [0.15, 0.2) is 0 Å². The number of aryl methyl sites for hydroxylation is 1. The van der Waals surface area contributed by atoms with Crippen molar-refractivity contribution in [3.05, 3.63) is 192 Å². The highest BCUT2D eigenvalue weighted by molar-refractivity contribution is 5.91. The molecule has 0 N–H and O–H groups in total. The van der Waals surface area contributed by atoms with Crippen molar-refractivity contribution in [3.63, 3.8) is 0 Å². The fraction of sp³-hybridized carbons (Fsp3) is 0.143. The van der Waals surface area contributed by atoms with Gasteiger partial charge in [-0.25, -0.2) is 0 Å². The largest absolute Gasteiger partial charge is 0.310 e. The molecule has 7 aromatic rings. The van der Waals surface area contributed by atoms with Gasteiger partial charge in [0.25, 0.3) is 0 Å². The minimum atomic E-state index is -0.221. The number of hydrogen-bond donors (Lipinski definition) is 0. The fourth-order valence-corrected chi connectivity index (χ4v) is 8.51. The van der Waals surface area contributed by atoms with E-state index in [1.54, 1.807) is 0 Å². The Hall–Kier alpha value is -5.86. The first kappa shape index (κ1) is 31.1. The second-order valence-corrected chi connectivity index (χ2v) is 15.2. The maximum Gasteiger partial charge on any atom is 0.0504 e. The van der Waals surface area contributed by atoms with E-state index in [9.17, 15) is 0 Å². The number of rotatable bonds is 5. The first-order valence-corrected chi connectivity index (χ1v) is 18.0. The summed E-state index contributed by atoms with van der Waals surface area (Å²) in [5.41, 5.74) is 18.5. The molecule has 2 aliphatic rings. The smallest absolute Gasteiger partial charge is 0.0504 e. The van der Waals surface area contributed by atoms with E-state index in [1.165, 1.54) is 67.1 Å². The average molecular weight is 659 g/mol. The number of anilines is 6.